The molecule has 1 N–H and O–H groups in total. The second kappa shape index (κ2) is 5.52. The van der Waals surface area contributed by atoms with E-state index in [1.165, 1.54) is 30.7 Å². The standard InChI is InChI=1S/C12H20N2S2/c1-10(11-13-7-8-16-11)14-9-12(15-2)5-3-4-6-12/h7-8,10,14H,3-6,9H2,1-2H3. The van der Waals surface area contributed by atoms with E-state index in [0.717, 1.165) is 6.54 Å². The fraction of sp³-hybridized carbons (Fsp3) is 0.750. The first-order chi connectivity index (χ1) is 7.76. The van der Waals surface area contributed by atoms with Gasteiger partial charge in [0.25, 0.3) is 0 Å². The SMILES string of the molecule is CSC1(CNC(C)c2nccs2)CCCC1. The third-order valence-electron chi connectivity index (χ3n) is 3.50. The lowest BCUT2D eigenvalue weighted by Crippen LogP contribution is -2.36. The van der Waals surface area contributed by atoms with E-state index >= 15 is 0 Å². The van der Waals surface area contributed by atoms with Gasteiger partial charge >= 0.3 is 0 Å². The highest BCUT2D eigenvalue weighted by atomic mass is 32.2. The van der Waals surface area contributed by atoms with Crippen LogP contribution in [0.5, 0.6) is 0 Å². The molecular weight excluding hydrogens is 236 g/mol. The molecule has 16 heavy (non-hydrogen) atoms. The molecule has 1 aliphatic rings. The quantitative estimate of drug-likeness (QED) is 0.873. The van der Waals surface area contributed by atoms with Gasteiger partial charge in [-0.1, -0.05) is 12.8 Å². The highest BCUT2D eigenvalue weighted by molar-refractivity contribution is 8.00. The highest BCUT2D eigenvalue weighted by Crippen LogP contribution is 2.39. The molecule has 1 aromatic heterocycles. The number of thiazole rings is 1. The minimum Gasteiger partial charge on any atom is -0.307 e. The summed E-state index contributed by atoms with van der Waals surface area (Å²) >= 11 is 3.78. The van der Waals surface area contributed by atoms with Crippen molar-refractivity contribution in [1.29, 1.82) is 0 Å². The summed E-state index contributed by atoms with van der Waals surface area (Å²) in [5.74, 6) is 0. The predicted molar refractivity (Wildman–Crippen MR) is 73.2 cm³/mol. The number of hydrogen-bond donors (Lipinski definition) is 1. The number of hydrogen-bond acceptors (Lipinski definition) is 4. The Bertz CT molecular complexity index is 305. The topological polar surface area (TPSA) is 24.9 Å². The van der Waals surface area contributed by atoms with Gasteiger partial charge in [0, 0.05) is 22.9 Å². The van der Waals surface area contributed by atoms with E-state index in [9.17, 15) is 0 Å². The van der Waals surface area contributed by atoms with Gasteiger partial charge in [0.1, 0.15) is 5.01 Å². The van der Waals surface area contributed by atoms with Crippen LogP contribution in [0.4, 0.5) is 0 Å². The highest BCUT2D eigenvalue weighted by Gasteiger charge is 2.33. The van der Waals surface area contributed by atoms with Crippen molar-refractivity contribution in [3.05, 3.63) is 16.6 Å². The van der Waals surface area contributed by atoms with Crippen molar-refractivity contribution in [2.75, 3.05) is 12.8 Å². The molecule has 2 rings (SSSR count). The van der Waals surface area contributed by atoms with E-state index in [2.05, 4.69) is 23.5 Å². The number of nitrogens with zero attached hydrogens (tertiary/aromatic N) is 1. The largest absolute Gasteiger partial charge is 0.307 e. The molecule has 1 aromatic rings. The molecule has 0 bridgehead atoms. The summed E-state index contributed by atoms with van der Waals surface area (Å²) in [6.45, 7) is 3.33. The predicted octanol–water partition coefficient (Wildman–Crippen LogP) is 3.47. The Morgan fingerprint density at radius 2 is 2.31 bits per heavy atom. The van der Waals surface area contributed by atoms with Gasteiger partial charge in [-0.3, -0.25) is 0 Å². The van der Waals surface area contributed by atoms with Crippen LogP contribution in [-0.2, 0) is 0 Å². The third kappa shape index (κ3) is 2.79. The molecule has 1 heterocycles. The first-order valence-electron chi connectivity index (χ1n) is 5.94. The van der Waals surface area contributed by atoms with Gasteiger partial charge < -0.3 is 5.32 Å². The Hall–Kier alpha value is -0.0600. The number of nitrogens with one attached hydrogen (secondary N) is 1. The van der Waals surface area contributed by atoms with Crippen LogP contribution in [-0.4, -0.2) is 22.5 Å². The van der Waals surface area contributed by atoms with Gasteiger partial charge in [-0.05, 0) is 26.0 Å². The van der Waals surface area contributed by atoms with Gasteiger partial charge in [-0.25, -0.2) is 4.98 Å². The van der Waals surface area contributed by atoms with Crippen LogP contribution in [0, 0.1) is 0 Å². The van der Waals surface area contributed by atoms with Crippen molar-refractivity contribution in [3.8, 4) is 0 Å². The van der Waals surface area contributed by atoms with Crippen LogP contribution >= 0.6 is 23.1 Å². The summed E-state index contributed by atoms with van der Waals surface area (Å²) in [7, 11) is 0. The minimum absolute atomic E-state index is 0.393. The number of aromatic nitrogens is 1. The van der Waals surface area contributed by atoms with Gasteiger partial charge in [-0.15, -0.1) is 11.3 Å². The summed E-state index contributed by atoms with van der Waals surface area (Å²) < 4.78 is 0.492. The first kappa shape index (κ1) is 12.4. The molecule has 0 radical (unpaired) electrons. The first-order valence-corrected chi connectivity index (χ1v) is 8.04. The molecule has 2 nitrogen and oxygen atoms in total. The molecule has 1 unspecified atom stereocenters. The van der Waals surface area contributed by atoms with Crippen LogP contribution in [0.25, 0.3) is 0 Å². The molecule has 1 saturated carbocycles. The molecular formula is C12H20N2S2. The van der Waals surface area contributed by atoms with Crippen LogP contribution in [0.1, 0.15) is 43.7 Å². The second-order valence-electron chi connectivity index (χ2n) is 4.57. The van der Waals surface area contributed by atoms with Crippen molar-refractivity contribution >= 4 is 23.1 Å². The van der Waals surface area contributed by atoms with Crippen molar-refractivity contribution in [2.24, 2.45) is 0 Å². The Labute approximate surface area is 106 Å². The van der Waals surface area contributed by atoms with E-state index < -0.39 is 0 Å². The van der Waals surface area contributed by atoms with Gasteiger partial charge in [-0.2, -0.15) is 11.8 Å². The molecule has 0 spiro atoms. The fourth-order valence-corrected chi connectivity index (χ4v) is 3.94. The number of thioether (sulfide) groups is 1. The van der Waals surface area contributed by atoms with E-state index in [1.807, 2.05) is 23.3 Å². The molecule has 0 aliphatic heterocycles. The van der Waals surface area contributed by atoms with Crippen molar-refractivity contribution in [1.82, 2.24) is 10.3 Å². The summed E-state index contributed by atoms with van der Waals surface area (Å²) in [4.78, 5) is 4.36. The van der Waals surface area contributed by atoms with E-state index in [1.54, 1.807) is 11.3 Å². The monoisotopic (exact) mass is 256 g/mol. The second-order valence-corrected chi connectivity index (χ2v) is 6.77. The molecule has 4 heteroatoms. The van der Waals surface area contributed by atoms with Crippen molar-refractivity contribution in [3.63, 3.8) is 0 Å². The zero-order valence-electron chi connectivity index (χ0n) is 10.0. The zero-order chi connectivity index (χ0) is 11.4. The lowest BCUT2D eigenvalue weighted by atomic mass is 10.1. The molecule has 1 atom stereocenters. The molecule has 0 saturated heterocycles. The smallest absolute Gasteiger partial charge is 0.109 e. The maximum Gasteiger partial charge on any atom is 0.109 e. The van der Waals surface area contributed by atoms with Crippen molar-refractivity contribution < 1.29 is 0 Å². The average Bonchev–Trinajstić information content (AvgIpc) is 2.98. The third-order valence-corrected chi connectivity index (χ3v) is 5.88. The summed E-state index contributed by atoms with van der Waals surface area (Å²) in [6.07, 6.45) is 9.67. The fourth-order valence-electron chi connectivity index (χ4n) is 2.35. The summed E-state index contributed by atoms with van der Waals surface area (Å²) in [6, 6.07) is 0.393. The number of rotatable bonds is 5. The Kier molecular flexibility index (Phi) is 4.27. The van der Waals surface area contributed by atoms with Gasteiger partial charge in [0.2, 0.25) is 0 Å². The molecule has 0 aromatic carbocycles. The molecule has 90 valence electrons. The Balaban J connectivity index is 1.86. The van der Waals surface area contributed by atoms with Crippen molar-refractivity contribution in [2.45, 2.75) is 43.4 Å². The van der Waals surface area contributed by atoms with Crippen LogP contribution in [0.3, 0.4) is 0 Å². The Morgan fingerprint density at radius 3 is 2.88 bits per heavy atom. The molecule has 1 fully saturated rings. The minimum atomic E-state index is 0.393. The molecule has 0 amide bonds. The van der Waals surface area contributed by atoms with Gasteiger partial charge in [0.05, 0.1) is 6.04 Å². The summed E-state index contributed by atoms with van der Waals surface area (Å²) in [5, 5.41) is 6.90. The lowest BCUT2D eigenvalue weighted by molar-refractivity contribution is 0.485. The van der Waals surface area contributed by atoms with Crippen LogP contribution in [0.15, 0.2) is 11.6 Å². The van der Waals surface area contributed by atoms with Crippen LogP contribution in [0.2, 0.25) is 0 Å². The average molecular weight is 256 g/mol. The van der Waals surface area contributed by atoms with E-state index in [4.69, 9.17) is 0 Å². The van der Waals surface area contributed by atoms with Gasteiger partial charge in [0.15, 0.2) is 0 Å². The van der Waals surface area contributed by atoms with Crippen LogP contribution < -0.4 is 5.32 Å². The zero-order valence-corrected chi connectivity index (χ0v) is 11.7. The molecule has 1 aliphatic carbocycles. The maximum atomic E-state index is 4.36. The van der Waals surface area contributed by atoms with E-state index in [0.29, 0.717) is 10.8 Å². The Morgan fingerprint density at radius 1 is 1.56 bits per heavy atom. The maximum absolute atomic E-state index is 4.36. The van der Waals surface area contributed by atoms with E-state index in [-0.39, 0.29) is 0 Å². The normalized spacial score (nSPS) is 21.1. The summed E-state index contributed by atoms with van der Waals surface area (Å²) in [5.41, 5.74) is 0. The lowest BCUT2D eigenvalue weighted by Gasteiger charge is -2.28.